The lowest BCUT2D eigenvalue weighted by Crippen LogP contribution is -2.61. The van der Waals surface area contributed by atoms with Gasteiger partial charge in [-0.2, -0.15) is 0 Å². The van der Waals surface area contributed by atoms with Gasteiger partial charge in [-0.1, -0.05) is 60.7 Å². The second-order valence-corrected chi connectivity index (χ2v) is 29.2. The van der Waals surface area contributed by atoms with Crippen molar-refractivity contribution in [3.05, 3.63) is 156 Å². The molecule has 9 rings (SSSR count). The number of likely N-dealkylation sites (tertiary alicyclic amines) is 2. The highest BCUT2D eigenvalue weighted by molar-refractivity contribution is 6.00. The highest BCUT2D eigenvalue weighted by atomic mass is 16.4. The van der Waals surface area contributed by atoms with Crippen LogP contribution in [0.4, 0.5) is 0 Å². The van der Waals surface area contributed by atoms with Crippen LogP contribution < -0.4 is 76.1 Å². The summed E-state index contributed by atoms with van der Waals surface area (Å²) in [5.74, 6) is -14.2. The highest BCUT2D eigenvalue weighted by Crippen LogP contribution is 2.25. The third-order valence-corrected chi connectivity index (χ3v) is 20.3. The summed E-state index contributed by atoms with van der Waals surface area (Å²) in [5, 5.41) is 63.7. The number of benzene rings is 3. The third kappa shape index (κ3) is 26.7. The van der Waals surface area contributed by atoms with Crippen molar-refractivity contribution in [3.8, 4) is 5.75 Å². The molecule has 0 aliphatic carbocycles. The number of aromatic nitrogens is 7. The van der Waals surface area contributed by atoms with Crippen LogP contribution in [0.1, 0.15) is 111 Å². The van der Waals surface area contributed by atoms with Gasteiger partial charge < -0.3 is 121 Å². The summed E-state index contributed by atoms with van der Waals surface area (Å²) < 4.78 is 0. The molecular formula is C78H102N24O17. The van der Waals surface area contributed by atoms with Crippen molar-refractivity contribution >= 4 is 99.7 Å². The smallest absolute Gasteiger partial charge is 0.326 e. The van der Waals surface area contributed by atoms with E-state index in [4.69, 9.17) is 28.3 Å². The molecule has 6 heterocycles. The van der Waals surface area contributed by atoms with Crippen molar-refractivity contribution in [1.82, 2.24) is 97.9 Å². The minimum atomic E-state index is -1.86. The Labute approximate surface area is 681 Å². The molecule has 2 fully saturated rings. The van der Waals surface area contributed by atoms with Crippen molar-refractivity contribution in [3.63, 3.8) is 0 Å². The SMILES string of the molecule is N=C(N)NCCC[C@H](NC(=O)[C@H](CCC(N)=O)NC(=O)[C@H](Cc1c[nH]c2ccccc12)NC(=O)[C@H](Cc1c[nH]cn1)NC(=O)[C@H](CCCCN)NC(=O)[C@H](Cc1c[nH]cn1)NC(=O)[C@H](Cc1c[nH]cn1)NC(=O)[C@H](Cc1ccccc1)NC(=O)[C@@H]1CCCN1C(=O)[C@@H](N)Cc1ccc(O)cc1)C(=O)N1CCC[C@H]1C(=O)N[C@@H](CC(=O)O)C(=O)O. The molecule has 12 amide bonds. The molecule has 12 atom stereocenters. The van der Waals surface area contributed by atoms with Crippen molar-refractivity contribution in [2.75, 3.05) is 26.2 Å². The summed E-state index contributed by atoms with van der Waals surface area (Å²) in [7, 11) is 0. The summed E-state index contributed by atoms with van der Waals surface area (Å²) in [4.78, 5) is 225. The lowest BCUT2D eigenvalue weighted by Gasteiger charge is -2.31. The van der Waals surface area contributed by atoms with Crippen LogP contribution in [-0.4, -0.2) is 247 Å². The van der Waals surface area contributed by atoms with Crippen LogP contribution >= 0.6 is 0 Å². The quantitative estimate of drug-likeness (QED) is 0.0101. The summed E-state index contributed by atoms with van der Waals surface area (Å²) in [5.41, 5.74) is 26.7. The van der Waals surface area contributed by atoms with E-state index in [9.17, 15) is 58.5 Å². The molecule has 0 radical (unpaired) electrons. The average Bonchev–Trinajstić information content (AvgIpc) is 1.79. The first kappa shape index (κ1) is 89.3. The predicted molar refractivity (Wildman–Crippen MR) is 426 cm³/mol. The molecule has 0 spiro atoms. The number of carboxylic acid groups (broad SMARTS) is 2. The maximum atomic E-state index is 15.3. The number of aliphatic carboxylic acids is 2. The van der Waals surface area contributed by atoms with E-state index in [1.807, 2.05) is 0 Å². The lowest BCUT2D eigenvalue weighted by atomic mass is 10.0. The largest absolute Gasteiger partial charge is 0.508 e. The molecule has 2 aliphatic heterocycles. The molecule has 26 N–H and O–H groups in total. The fourth-order valence-electron chi connectivity index (χ4n) is 14.2. The van der Waals surface area contributed by atoms with Gasteiger partial charge in [0.1, 0.15) is 72.2 Å². The molecule has 0 bridgehead atoms. The predicted octanol–water partition coefficient (Wildman–Crippen LogP) is -3.31. The van der Waals surface area contributed by atoms with E-state index in [1.54, 1.807) is 72.9 Å². The first-order chi connectivity index (χ1) is 57.1. The molecule has 3 aromatic carbocycles. The fraction of sp³-hybridized carbons (Fsp3) is 0.436. The monoisotopic (exact) mass is 1650 g/mol. The van der Waals surface area contributed by atoms with Crippen LogP contribution in [0.2, 0.25) is 0 Å². The number of guanidine groups is 1. The number of aromatic hydroxyl groups is 1. The topological polar surface area (TPSA) is 656 Å². The zero-order valence-corrected chi connectivity index (χ0v) is 65.1. The van der Waals surface area contributed by atoms with E-state index in [0.717, 1.165) is 4.90 Å². The maximum Gasteiger partial charge on any atom is 0.326 e. The van der Waals surface area contributed by atoms with E-state index in [2.05, 4.69) is 88.1 Å². The van der Waals surface area contributed by atoms with Gasteiger partial charge in [0.2, 0.25) is 70.9 Å². The van der Waals surface area contributed by atoms with Crippen LogP contribution in [0.3, 0.4) is 0 Å². The van der Waals surface area contributed by atoms with E-state index in [0.29, 0.717) is 46.1 Å². The number of hydrogen-bond donors (Lipinski definition) is 22. The number of H-pyrrole nitrogens is 4. The second kappa shape index (κ2) is 43.9. The molecule has 119 heavy (non-hydrogen) atoms. The number of phenolic OH excluding ortho intramolecular Hbond substituents is 1. The van der Waals surface area contributed by atoms with Gasteiger partial charge in [-0.05, 0) is 112 Å². The fourth-order valence-corrected chi connectivity index (χ4v) is 14.2. The van der Waals surface area contributed by atoms with E-state index in [1.165, 1.54) is 54.6 Å². The van der Waals surface area contributed by atoms with Gasteiger partial charge >= 0.3 is 11.9 Å². The Morgan fingerprint density at radius 3 is 1.42 bits per heavy atom. The molecule has 4 aromatic heterocycles. The number of phenols is 1. The number of carboxylic acids is 2. The molecule has 2 saturated heterocycles. The van der Waals surface area contributed by atoms with Gasteiger partial charge in [-0.3, -0.25) is 67.7 Å². The third-order valence-electron chi connectivity index (χ3n) is 20.3. The number of nitrogens with two attached hydrogens (primary N) is 4. The number of unbranched alkanes of at least 4 members (excludes halogenated alkanes) is 1. The molecule has 41 nitrogen and oxygen atoms in total. The normalized spacial score (nSPS) is 16.3. The number of imidazole rings is 3. The van der Waals surface area contributed by atoms with Crippen LogP contribution in [0.15, 0.2) is 123 Å². The molecule has 41 heteroatoms. The minimum Gasteiger partial charge on any atom is -0.508 e. The maximum absolute atomic E-state index is 15.3. The Kier molecular flexibility index (Phi) is 33.0. The number of carbonyl (C=O) groups is 14. The second-order valence-electron chi connectivity index (χ2n) is 29.2. The lowest BCUT2D eigenvalue weighted by molar-refractivity contribution is -0.148. The van der Waals surface area contributed by atoms with E-state index < -0.39 is 181 Å². The molecule has 636 valence electrons. The van der Waals surface area contributed by atoms with Crippen molar-refractivity contribution in [2.24, 2.45) is 22.9 Å². The number of para-hydroxylation sites is 1. The highest BCUT2D eigenvalue weighted by Gasteiger charge is 2.43. The van der Waals surface area contributed by atoms with Crippen LogP contribution in [-0.2, 0) is 106 Å². The first-order valence-electron chi connectivity index (χ1n) is 39.0. The van der Waals surface area contributed by atoms with Gasteiger partial charge in [-0.25, -0.2) is 19.7 Å². The molecule has 2 aliphatic rings. The summed E-state index contributed by atoms with van der Waals surface area (Å²) >= 11 is 0. The van der Waals surface area contributed by atoms with Crippen LogP contribution in [0.25, 0.3) is 10.9 Å². The van der Waals surface area contributed by atoms with E-state index in [-0.39, 0.29) is 127 Å². The Hall–Kier alpha value is -13.6. The Balaban J connectivity index is 0.957. The number of nitrogens with zero attached hydrogens (tertiary/aromatic N) is 5. The summed E-state index contributed by atoms with van der Waals surface area (Å²) in [6.45, 7) is 0.286. The van der Waals surface area contributed by atoms with Gasteiger partial charge in [0.05, 0.1) is 48.5 Å². The number of nitrogens with one attached hydrogen (secondary N) is 15. The Morgan fingerprint density at radius 2 is 0.933 bits per heavy atom. The standard InChI is InChI=1S/C78H102N24O17/c79-25-7-6-15-53(92-70(111)58(32-46-37-84-40-89-46)98-72(113)60(34-48-39-86-42-91-48)97-68(109)56(30-43-11-2-1-3-12-43)99-73(114)62-17-9-27-101(62)75(116)51(80)29-44-19-21-49(103)22-20-44)66(107)96-59(33-47-38-85-41-90-47)71(112)95-57(31-45-36-88-52-14-5-4-13-50(45)52)69(110)93-54(23-24-64(81)104)67(108)94-55(16-8-26-87-78(82)83)76(117)102-28-10-18-63(102)74(115)100-61(77(118)119)35-65(105)106/h1-5,11-14,19-22,36-42,51,53-63,88,103H,6-10,15-18,23-35,79-80H2,(H2,81,104)(H,84,89)(H,85,90)(H,86,91)(H,92,111)(H,93,110)(H,94,108)(H,95,112)(H,96,107)(H,97,109)(H,98,113)(H,99,114)(H,100,115)(H,105,106)(H,118,119)(H4,82,83,87)/t51-,53-,54-,55-,56-,57-,58-,59-,60-,61-,62-,63-/m0/s1. The van der Waals surface area contributed by atoms with Crippen molar-refractivity contribution in [1.29, 1.82) is 5.41 Å². The average molecular weight is 1650 g/mol. The minimum absolute atomic E-state index is 0.00309. The van der Waals surface area contributed by atoms with Crippen LogP contribution in [0.5, 0.6) is 5.75 Å². The summed E-state index contributed by atoms with van der Waals surface area (Å²) in [6, 6.07) is 4.10. The molecular weight excluding hydrogens is 1550 g/mol. The number of carbonyl (C=O) groups excluding carboxylic acids is 12. The number of aromatic amines is 4. The van der Waals surface area contributed by atoms with Crippen molar-refractivity contribution in [2.45, 2.75) is 188 Å². The number of hydrogen-bond acceptors (Lipinski definition) is 21. The zero-order valence-electron chi connectivity index (χ0n) is 65.1. The molecule has 0 unspecified atom stereocenters. The van der Waals surface area contributed by atoms with Gasteiger partial charge in [0, 0.05) is 93.8 Å². The van der Waals surface area contributed by atoms with Crippen molar-refractivity contribution < 1.29 is 82.4 Å². The van der Waals surface area contributed by atoms with E-state index >= 15 is 24.0 Å². The van der Waals surface area contributed by atoms with Gasteiger partial charge in [-0.15, -0.1) is 0 Å². The molecule has 0 saturated carbocycles. The number of primary amides is 1. The number of rotatable bonds is 46. The summed E-state index contributed by atoms with van der Waals surface area (Å²) in [6.07, 6.45) is 7.95. The first-order valence-corrected chi connectivity index (χ1v) is 39.0. The van der Waals surface area contributed by atoms with Gasteiger partial charge in [0.25, 0.3) is 0 Å². The Bertz CT molecular complexity index is 4640. The zero-order chi connectivity index (χ0) is 85.7. The van der Waals surface area contributed by atoms with Gasteiger partial charge in [0.15, 0.2) is 5.96 Å². The molecule has 7 aromatic rings. The number of fused-ring (bicyclic) bond motifs is 1. The van der Waals surface area contributed by atoms with Crippen LogP contribution in [0, 0.1) is 5.41 Å². The number of amides is 12. The Morgan fingerprint density at radius 1 is 0.487 bits per heavy atom.